The highest BCUT2D eigenvalue weighted by Crippen LogP contribution is 2.13. The number of rotatable bonds is 40. The van der Waals surface area contributed by atoms with E-state index in [9.17, 15) is 14.4 Å². The predicted octanol–water partition coefficient (Wildman–Crippen LogP) is 15.2. The average Bonchev–Trinajstić information content (AvgIpc) is 3.23. The molecule has 0 spiro atoms. The SMILES string of the molecule is CC\C=C/C=C\C=C/CCCCCCCCCC(=O)OCC(COC(=O)CCCCCCC\C=C/C=C\C=C/CC)OC(=O)CCCCCCC\C=C/C=C\C=C/CC. The van der Waals surface area contributed by atoms with Crippen LogP contribution in [0, 0.1) is 0 Å². The summed E-state index contributed by atoms with van der Waals surface area (Å²) in [6, 6.07) is 0. The quantitative estimate of drug-likeness (QED) is 0.0265. The van der Waals surface area contributed by atoms with Crippen LogP contribution in [0.5, 0.6) is 0 Å². The number of carbonyl (C=O) groups excluding carboxylic acids is 3. The van der Waals surface area contributed by atoms with Gasteiger partial charge in [0.25, 0.3) is 0 Å². The number of carbonyl (C=O) groups is 3. The summed E-state index contributed by atoms with van der Waals surface area (Å²) < 4.78 is 16.7. The fourth-order valence-corrected chi connectivity index (χ4v) is 5.97. The Morgan fingerprint density at radius 1 is 0.339 bits per heavy atom. The molecule has 0 aliphatic rings. The Balaban J connectivity index is 4.48. The summed E-state index contributed by atoms with van der Waals surface area (Å²) in [6.45, 7) is 6.17. The lowest BCUT2D eigenvalue weighted by molar-refractivity contribution is -0.167. The minimum Gasteiger partial charge on any atom is -0.462 e. The summed E-state index contributed by atoms with van der Waals surface area (Å²) in [5.41, 5.74) is 0. The van der Waals surface area contributed by atoms with Gasteiger partial charge in [0, 0.05) is 19.3 Å². The number of ether oxygens (including phenoxy) is 3. The molecular formula is C53H84O6. The number of unbranched alkanes of at least 4 members (excludes halogenated alkanes) is 17. The molecule has 0 N–H and O–H groups in total. The summed E-state index contributed by atoms with van der Waals surface area (Å²) >= 11 is 0. The molecule has 0 aromatic rings. The summed E-state index contributed by atoms with van der Waals surface area (Å²) in [6.07, 6.45) is 62.1. The van der Waals surface area contributed by atoms with Gasteiger partial charge < -0.3 is 14.2 Å². The smallest absolute Gasteiger partial charge is 0.306 e. The molecule has 0 amide bonds. The fraction of sp³-hybridized carbons (Fsp3) is 0.604. The Labute approximate surface area is 361 Å². The molecule has 332 valence electrons. The van der Waals surface area contributed by atoms with E-state index < -0.39 is 6.10 Å². The Kier molecular flexibility index (Phi) is 43.6. The van der Waals surface area contributed by atoms with Gasteiger partial charge in [-0.3, -0.25) is 14.4 Å². The van der Waals surface area contributed by atoms with Crippen molar-refractivity contribution in [1.82, 2.24) is 0 Å². The standard InChI is InChI=1S/C53H84O6/c1-4-7-10-13-16-19-22-25-26-29-31-34-37-40-43-46-52(55)58-49-50(59-53(56)47-44-41-38-35-32-28-24-21-18-15-12-9-6-3)48-57-51(54)45-42-39-36-33-30-27-23-20-17-14-11-8-5-2/h7-24,50H,4-6,25-49H2,1-3H3/b10-7-,11-8-,12-9-,16-13-,17-14-,18-15-,22-19-,23-20-,24-21-. The van der Waals surface area contributed by atoms with Crippen molar-refractivity contribution in [2.45, 2.75) is 194 Å². The zero-order valence-corrected chi connectivity index (χ0v) is 37.7. The van der Waals surface area contributed by atoms with Gasteiger partial charge in [0.2, 0.25) is 0 Å². The van der Waals surface area contributed by atoms with E-state index >= 15 is 0 Å². The van der Waals surface area contributed by atoms with Gasteiger partial charge >= 0.3 is 17.9 Å². The van der Waals surface area contributed by atoms with E-state index in [1.165, 1.54) is 25.7 Å². The second kappa shape index (κ2) is 46.8. The zero-order chi connectivity index (χ0) is 43.0. The van der Waals surface area contributed by atoms with Crippen LogP contribution in [0.15, 0.2) is 109 Å². The molecule has 0 aromatic carbocycles. The van der Waals surface area contributed by atoms with Crippen LogP contribution in [0.1, 0.15) is 188 Å². The normalized spacial score (nSPS) is 13.1. The van der Waals surface area contributed by atoms with Crippen molar-refractivity contribution in [3.05, 3.63) is 109 Å². The molecule has 0 aromatic heterocycles. The maximum Gasteiger partial charge on any atom is 0.306 e. The number of hydrogen-bond donors (Lipinski definition) is 0. The topological polar surface area (TPSA) is 78.9 Å². The molecule has 1 atom stereocenters. The minimum atomic E-state index is -0.803. The molecule has 0 rings (SSSR count). The van der Waals surface area contributed by atoms with Crippen LogP contribution in [-0.4, -0.2) is 37.2 Å². The van der Waals surface area contributed by atoms with Gasteiger partial charge in [-0.2, -0.15) is 0 Å². The average molecular weight is 817 g/mol. The molecule has 0 heterocycles. The van der Waals surface area contributed by atoms with E-state index in [2.05, 4.69) is 118 Å². The van der Waals surface area contributed by atoms with E-state index in [0.29, 0.717) is 19.3 Å². The fourth-order valence-electron chi connectivity index (χ4n) is 5.97. The Morgan fingerprint density at radius 2 is 0.610 bits per heavy atom. The van der Waals surface area contributed by atoms with Crippen molar-refractivity contribution < 1.29 is 28.6 Å². The van der Waals surface area contributed by atoms with Crippen LogP contribution in [-0.2, 0) is 28.6 Å². The van der Waals surface area contributed by atoms with Crippen LogP contribution in [0.3, 0.4) is 0 Å². The lowest BCUT2D eigenvalue weighted by atomic mass is 10.1. The van der Waals surface area contributed by atoms with Gasteiger partial charge in [0.1, 0.15) is 13.2 Å². The summed E-state index contributed by atoms with van der Waals surface area (Å²) in [7, 11) is 0. The summed E-state index contributed by atoms with van der Waals surface area (Å²) in [5, 5.41) is 0. The first kappa shape index (κ1) is 55.1. The third kappa shape index (κ3) is 45.0. The number of esters is 3. The van der Waals surface area contributed by atoms with E-state index in [4.69, 9.17) is 14.2 Å². The molecule has 0 saturated carbocycles. The largest absolute Gasteiger partial charge is 0.462 e. The van der Waals surface area contributed by atoms with Crippen LogP contribution >= 0.6 is 0 Å². The van der Waals surface area contributed by atoms with E-state index in [1.54, 1.807) is 0 Å². The Hall–Kier alpha value is -3.93. The van der Waals surface area contributed by atoms with Crippen molar-refractivity contribution in [2.24, 2.45) is 0 Å². The molecule has 0 aliphatic heterocycles. The molecule has 59 heavy (non-hydrogen) atoms. The van der Waals surface area contributed by atoms with Gasteiger partial charge in [0.05, 0.1) is 0 Å². The van der Waals surface area contributed by atoms with Crippen molar-refractivity contribution >= 4 is 17.9 Å². The first-order valence-electron chi connectivity index (χ1n) is 23.5. The second-order valence-electron chi connectivity index (χ2n) is 15.1. The molecule has 6 nitrogen and oxygen atoms in total. The van der Waals surface area contributed by atoms with Gasteiger partial charge in [-0.05, 0) is 77.0 Å². The van der Waals surface area contributed by atoms with E-state index in [0.717, 1.165) is 122 Å². The first-order chi connectivity index (χ1) is 29.0. The second-order valence-corrected chi connectivity index (χ2v) is 15.1. The first-order valence-corrected chi connectivity index (χ1v) is 23.5. The van der Waals surface area contributed by atoms with Crippen molar-refractivity contribution in [2.75, 3.05) is 13.2 Å². The highest BCUT2D eigenvalue weighted by Gasteiger charge is 2.19. The molecule has 1 unspecified atom stereocenters. The maximum atomic E-state index is 12.7. The van der Waals surface area contributed by atoms with Crippen LogP contribution in [0.2, 0.25) is 0 Å². The monoisotopic (exact) mass is 817 g/mol. The summed E-state index contributed by atoms with van der Waals surface area (Å²) in [4.78, 5) is 37.8. The van der Waals surface area contributed by atoms with Gasteiger partial charge in [0.15, 0.2) is 6.10 Å². The molecule has 0 bridgehead atoms. The van der Waals surface area contributed by atoms with Gasteiger partial charge in [-0.1, -0.05) is 201 Å². The van der Waals surface area contributed by atoms with Gasteiger partial charge in [-0.15, -0.1) is 0 Å². The molecular weight excluding hydrogens is 733 g/mol. The van der Waals surface area contributed by atoms with Crippen LogP contribution in [0.4, 0.5) is 0 Å². The zero-order valence-electron chi connectivity index (χ0n) is 37.7. The predicted molar refractivity (Wildman–Crippen MR) is 251 cm³/mol. The highest BCUT2D eigenvalue weighted by molar-refractivity contribution is 5.71. The maximum absolute atomic E-state index is 12.7. The number of allylic oxidation sites excluding steroid dienone is 18. The Bertz CT molecular complexity index is 1260. The third-order valence-electron chi connectivity index (χ3n) is 9.44. The molecule has 6 heteroatoms. The Morgan fingerprint density at radius 3 is 0.932 bits per heavy atom. The third-order valence-corrected chi connectivity index (χ3v) is 9.44. The van der Waals surface area contributed by atoms with Crippen molar-refractivity contribution in [3.63, 3.8) is 0 Å². The molecule has 0 radical (unpaired) electrons. The molecule has 0 fully saturated rings. The van der Waals surface area contributed by atoms with Gasteiger partial charge in [-0.25, -0.2) is 0 Å². The minimum absolute atomic E-state index is 0.102. The van der Waals surface area contributed by atoms with Crippen LogP contribution in [0.25, 0.3) is 0 Å². The lowest BCUT2D eigenvalue weighted by Crippen LogP contribution is -2.30. The van der Waals surface area contributed by atoms with Crippen molar-refractivity contribution in [1.29, 1.82) is 0 Å². The van der Waals surface area contributed by atoms with E-state index in [-0.39, 0.29) is 31.1 Å². The number of hydrogen-bond acceptors (Lipinski definition) is 6. The van der Waals surface area contributed by atoms with Crippen molar-refractivity contribution in [3.8, 4) is 0 Å². The summed E-state index contributed by atoms with van der Waals surface area (Å²) in [5.74, 6) is -0.966. The van der Waals surface area contributed by atoms with Crippen LogP contribution < -0.4 is 0 Å². The molecule has 0 saturated heterocycles. The highest BCUT2D eigenvalue weighted by atomic mass is 16.6. The molecule has 0 aliphatic carbocycles. The van der Waals surface area contributed by atoms with E-state index in [1.807, 2.05) is 12.2 Å². The lowest BCUT2D eigenvalue weighted by Gasteiger charge is -2.18.